The zero-order valence-electron chi connectivity index (χ0n) is 16.9. The molecule has 0 spiro atoms. The second kappa shape index (κ2) is 9.36. The topological polar surface area (TPSA) is 115 Å². The first-order valence-electron chi connectivity index (χ1n) is 10.1. The zero-order chi connectivity index (χ0) is 21.8. The van der Waals surface area contributed by atoms with Gasteiger partial charge in [0.15, 0.2) is 0 Å². The van der Waals surface area contributed by atoms with Crippen LogP contribution < -0.4 is 0 Å². The number of aromatic nitrogens is 3. The molecule has 2 heterocycles. The summed E-state index contributed by atoms with van der Waals surface area (Å²) >= 11 is 0. The molecule has 0 bridgehead atoms. The van der Waals surface area contributed by atoms with Gasteiger partial charge in [0.05, 0.1) is 31.2 Å². The number of hydrogen-bond donors (Lipinski definition) is 3. The number of amides is 1. The van der Waals surface area contributed by atoms with Crippen LogP contribution in [-0.4, -0.2) is 78.0 Å². The summed E-state index contributed by atoms with van der Waals surface area (Å²) in [7, 11) is 0. The van der Waals surface area contributed by atoms with Gasteiger partial charge in [0.2, 0.25) is 5.91 Å². The number of carbonyl (C=O) groups excluding carboxylic acids is 1. The van der Waals surface area contributed by atoms with Crippen LogP contribution in [0, 0.1) is 0 Å². The van der Waals surface area contributed by atoms with E-state index >= 15 is 0 Å². The van der Waals surface area contributed by atoms with Gasteiger partial charge in [0.1, 0.15) is 17.9 Å². The van der Waals surface area contributed by atoms with Gasteiger partial charge >= 0.3 is 0 Å². The molecule has 3 atom stereocenters. The van der Waals surface area contributed by atoms with Crippen LogP contribution in [-0.2, 0) is 11.3 Å². The van der Waals surface area contributed by atoms with Crippen LogP contribution in [0.25, 0.3) is 5.69 Å². The molecule has 1 aliphatic heterocycles. The SMILES string of the molecule is O=C1CN(CC(O)C(O)C(O)c2cnn(-c3ccccc3)n2)CN1Cc1ccccc1. The minimum absolute atomic E-state index is 0.0437. The molecule has 1 aliphatic rings. The Labute approximate surface area is 179 Å². The van der Waals surface area contributed by atoms with E-state index in [0.717, 1.165) is 5.56 Å². The molecule has 0 saturated carbocycles. The Morgan fingerprint density at radius 2 is 1.65 bits per heavy atom. The van der Waals surface area contributed by atoms with E-state index in [1.807, 2.05) is 60.7 Å². The molecule has 1 aromatic heterocycles. The first-order valence-corrected chi connectivity index (χ1v) is 10.1. The fraction of sp³-hybridized carbons (Fsp3) is 0.318. The normalized spacial score (nSPS) is 17.6. The molecule has 1 saturated heterocycles. The molecule has 4 rings (SSSR count). The van der Waals surface area contributed by atoms with E-state index in [9.17, 15) is 20.1 Å². The number of hydrogen-bond acceptors (Lipinski definition) is 7. The lowest BCUT2D eigenvalue weighted by atomic mass is 10.1. The van der Waals surface area contributed by atoms with Crippen LogP contribution in [0.5, 0.6) is 0 Å². The number of para-hydroxylation sites is 1. The Hall–Kier alpha value is -3.11. The van der Waals surface area contributed by atoms with Crippen molar-refractivity contribution in [2.45, 2.75) is 24.9 Å². The smallest absolute Gasteiger partial charge is 0.238 e. The van der Waals surface area contributed by atoms with Gasteiger partial charge in [-0.1, -0.05) is 48.5 Å². The molecule has 0 aliphatic carbocycles. The highest BCUT2D eigenvalue weighted by Crippen LogP contribution is 2.19. The Kier molecular flexibility index (Phi) is 6.38. The fourth-order valence-corrected chi connectivity index (χ4v) is 3.58. The standard InChI is InChI=1S/C22H25N5O4/c28-19(13-25-14-20(29)26(15-25)12-16-7-3-1-4-8-16)22(31)21(30)18-11-23-27(24-18)17-9-5-2-6-10-17/h1-11,19,21-22,28,30-31H,12-15H2. The van der Waals surface area contributed by atoms with Crippen LogP contribution in [0.3, 0.4) is 0 Å². The summed E-state index contributed by atoms with van der Waals surface area (Å²) in [5, 5.41) is 39.7. The molecular weight excluding hydrogens is 398 g/mol. The van der Waals surface area contributed by atoms with Gasteiger partial charge in [0.25, 0.3) is 0 Å². The van der Waals surface area contributed by atoms with Crippen molar-refractivity contribution in [3.63, 3.8) is 0 Å². The highest BCUT2D eigenvalue weighted by molar-refractivity contribution is 5.80. The average Bonchev–Trinajstić information content (AvgIpc) is 3.41. The van der Waals surface area contributed by atoms with Crippen molar-refractivity contribution >= 4 is 5.91 Å². The van der Waals surface area contributed by atoms with Crippen LogP contribution >= 0.6 is 0 Å². The van der Waals surface area contributed by atoms with Crippen molar-refractivity contribution in [3.05, 3.63) is 78.1 Å². The third-order valence-corrected chi connectivity index (χ3v) is 5.26. The maximum Gasteiger partial charge on any atom is 0.238 e. The summed E-state index contributed by atoms with van der Waals surface area (Å²) < 4.78 is 0. The maximum atomic E-state index is 12.3. The van der Waals surface area contributed by atoms with Gasteiger partial charge in [0, 0.05) is 13.1 Å². The Balaban J connectivity index is 1.33. The lowest BCUT2D eigenvalue weighted by Crippen LogP contribution is -2.41. The molecular formula is C22H25N5O4. The average molecular weight is 423 g/mol. The highest BCUT2D eigenvalue weighted by Gasteiger charge is 2.33. The molecule has 1 amide bonds. The third-order valence-electron chi connectivity index (χ3n) is 5.26. The predicted octanol–water partition coefficient (Wildman–Crippen LogP) is 0.324. The first-order chi connectivity index (χ1) is 15.0. The number of benzene rings is 2. The molecule has 2 aromatic carbocycles. The second-order valence-electron chi connectivity index (χ2n) is 7.63. The summed E-state index contributed by atoms with van der Waals surface area (Å²) in [6, 6.07) is 18.8. The van der Waals surface area contributed by atoms with Crippen LogP contribution in [0.4, 0.5) is 0 Å². The molecule has 3 N–H and O–H groups in total. The lowest BCUT2D eigenvalue weighted by Gasteiger charge is -2.25. The quantitative estimate of drug-likeness (QED) is 0.478. The first kappa shape index (κ1) is 21.1. The molecule has 3 unspecified atom stereocenters. The summed E-state index contributed by atoms with van der Waals surface area (Å²) in [5.74, 6) is -0.0445. The molecule has 3 aromatic rings. The predicted molar refractivity (Wildman–Crippen MR) is 112 cm³/mol. The van der Waals surface area contributed by atoms with Gasteiger partial charge in [-0.15, -0.1) is 0 Å². The Morgan fingerprint density at radius 3 is 2.35 bits per heavy atom. The summed E-state index contributed by atoms with van der Waals surface area (Å²) in [6.07, 6.45) is -2.79. The minimum atomic E-state index is -1.47. The molecule has 0 radical (unpaired) electrons. The van der Waals surface area contributed by atoms with Gasteiger partial charge < -0.3 is 20.2 Å². The molecule has 9 nitrogen and oxygen atoms in total. The van der Waals surface area contributed by atoms with Crippen molar-refractivity contribution in [2.75, 3.05) is 19.8 Å². The summed E-state index contributed by atoms with van der Waals surface area (Å²) in [4.78, 5) is 17.1. The Bertz CT molecular complexity index is 997. The van der Waals surface area contributed by atoms with Crippen molar-refractivity contribution < 1.29 is 20.1 Å². The van der Waals surface area contributed by atoms with E-state index in [-0.39, 0.29) is 24.7 Å². The molecule has 1 fully saturated rings. The van der Waals surface area contributed by atoms with Gasteiger partial charge in [-0.25, -0.2) is 0 Å². The lowest BCUT2D eigenvalue weighted by molar-refractivity contribution is -0.127. The summed E-state index contributed by atoms with van der Waals surface area (Å²) in [6.45, 7) is 1.02. The van der Waals surface area contributed by atoms with E-state index in [1.54, 1.807) is 9.80 Å². The number of aliphatic hydroxyl groups excluding tert-OH is 3. The van der Waals surface area contributed by atoms with Crippen LogP contribution in [0.1, 0.15) is 17.4 Å². The van der Waals surface area contributed by atoms with E-state index in [4.69, 9.17) is 0 Å². The van der Waals surface area contributed by atoms with Gasteiger partial charge in [-0.05, 0) is 17.7 Å². The minimum Gasteiger partial charge on any atom is -0.389 e. The number of β-amino-alcohol motifs (C(OH)–C–C–N with tert-alkyl or cyclic N) is 1. The number of carbonyl (C=O) groups is 1. The monoisotopic (exact) mass is 423 g/mol. The van der Waals surface area contributed by atoms with Crippen molar-refractivity contribution in [1.29, 1.82) is 0 Å². The highest BCUT2D eigenvalue weighted by atomic mass is 16.4. The number of aliphatic hydroxyl groups is 3. The molecule has 9 heteroatoms. The number of rotatable bonds is 8. The Morgan fingerprint density at radius 1 is 0.968 bits per heavy atom. The van der Waals surface area contributed by atoms with Crippen LogP contribution in [0.15, 0.2) is 66.9 Å². The summed E-state index contributed by atoms with van der Waals surface area (Å²) in [5.41, 5.74) is 1.89. The second-order valence-corrected chi connectivity index (χ2v) is 7.63. The van der Waals surface area contributed by atoms with Crippen molar-refractivity contribution in [3.8, 4) is 5.69 Å². The maximum absolute atomic E-state index is 12.3. The van der Waals surface area contributed by atoms with Gasteiger partial charge in [-0.3, -0.25) is 9.69 Å². The van der Waals surface area contributed by atoms with E-state index in [0.29, 0.717) is 18.9 Å². The third kappa shape index (κ3) is 4.97. The van der Waals surface area contributed by atoms with Gasteiger partial charge in [-0.2, -0.15) is 15.0 Å². The molecule has 31 heavy (non-hydrogen) atoms. The van der Waals surface area contributed by atoms with Crippen molar-refractivity contribution in [2.24, 2.45) is 0 Å². The van der Waals surface area contributed by atoms with E-state index in [2.05, 4.69) is 10.2 Å². The van der Waals surface area contributed by atoms with E-state index < -0.39 is 18.3 Å². The zero-order valence-corrected chi connectivity index (χ0v) is 16.9. The molecule has 162 valence electrons. The number of nitrogens with zero attached hydrogens (tertiary/aromatic N) is 5. The largest absolute Gasteiger partial charge is 0.389 e. The fourth-order valence-electron chi connectivity index (χ4n) is 3.58. The van der Waals surface area contributed by atoms with E-state index in [1.165, 1.54) is 11.0 Å². The van der Waals surface area contributed by atoms with Crippen LogP contribution in [0.2, 0.25) is 0 Å². The van der Waals surface area contributed by atoms with Crippen molar-refractivity contribution in [1.82, 2.24) is 24.8 Å².